The number of guanidine groups is 1. The van der Waals surface area contributed by atoms with E-state index in [4.69, 9.17) is 9.47 Å². The highest BCUT2D eigenvalue weighted by molar-refractivity contribution is 5.80. The Hall–Kier alpha value is -3.22. The van der Waals surface area contributed by atoms with E-state index in [0.717, 1.165) is 31.0 Å². The Kier molecular flexibility index (Phi) is 8.58. The Morgan fingerprint density at radius 3 is 2.55 bits per heavy atom. The zero-order valence-corrected chi connectivity index (χ0v) is 18.3. The van der Waals surface area contributed by atoms with Gasteiger partial charge in [0.25, 0.3) is 0 Å². The first-order chi connectivity index (χ1) is 15.2. The molecule has 1 unspecified atom stereocenters. The molecule has 7 heteroatoms. The summed E-state index contributed by atoms with van der Waals surface area (Å²) in [5.41, 5.74) is 1.26. The predicted octanol–water partition coefficient (Wildman–Crippen LogP) is 2.33. The highest BCUT2D eigenvalue weighted by Crippen LogP contribution is 2.18. The van der Waals surface area contributed by atoms with Crippen molar-refractivity contribution in [1.82, 2.24) is 15.5 Å². The summed E-state index contributed by atoms with van der Waals surface area (Å²) in [4.78, 5) is 18.6. The summed E-state index contributed by atoms with van der Waals surface area (Å²) in [6, 6.07) is 17.8. The summed E-state index contributed by atoms with van der Waals surface area (Å²) in [6.45, 7) is 3.42. The third-order valence-electron chi connectivity index (χ3n) is 5.31. The van der Waals surface area contributed by atoms with Crippen molar-refractivity contribution in [3.05, 3.63) is 60.2 Å². The quantitative estimate of drug-likeness (QED) is 0.348. The van der Waals surface area contributed by atoms with Gasteiger partial charge in [-0.3, -0.25) is 9.79 Å². The molecule has 0 aromatic heterocycles. The first kappa shape index (κ1) is 22.5. The van der Waals surface area contributed by atoms with Crippen molar-refractivity contribution in [3.8, 4) is 11.5 Å². The lowest BCUT2D eigenvalue weighted by molar-refractivity contribution is -0.127. The molecule has 7 nitrogen and oxygen atoms in total. The molecule has 1 fully saturated rings. The Morgan fingerprint density at radius 1 is 1.10 bits per heavy atom. The van der Waals surface area contributed by atoms with Crippen molar-refractivity contribution in [2.45, 2.75) is 12.8 Å². The largest absolute Gasteiger partial charge is 0.497 e. The molecular formula is C24H32N4O3. The molecule has 0 saturated carbocycles. The van der Waals surface area contributed by atoms with E-state index in [1.165, 1.54) is 5.56 Å². The van der Waals surface area contributed by atoms with E-state index in [9.17, 15) is 4.79 Å². The van der Waals surface area contributed by atoms with Crippen LogP contribution in [0.5, 0.6) is 11.5 Å². The molecule has 0 radical (unpaired) electrons. The molecule has 0 bridgehead atoms. The molecule has 1 heterocycles. The van der Waals surface area contributed by atoms with E-state index >= 15 is 0 Å². The number of hydrogen-bond donors (Lipinski definition) is 2. The third-order valence-corrected chi connectivity index (χ3v) is 5.31. The van der Waals surface area contributed by atoms with Gasteiger partial charge < -0.3 is 25.0 Å². The number of likely N-dealkylation sites (tertiary alicyclic amines) is 1. The van der Waals surface area contributed by atoms with Gasteiger partial charge in [-0.05, 0) is 36.2 Å². The van der Waals surface area contributed by atoms with Crippen LogP contribution < -0.4 is 20.1 Å². The van der Waals surface area contributed by atoms with Gasteiger partial charge in [-0.25, -0.2) is 0 Å². The lowest BCUT2D eigenvalue weighted by Gasteiger charge is -2.18. The van der Waals surface area contributed by atoms with Crippen molar-refractivity contribution in [2.75, 3.05) is 46.9 Å². The molecule has 1 aliphatic rings. The Morgan fingerprint density at radius 2 is 1.84 bits per heavy atom. The van der Waals surface area contributed by atoms with E-state index in [-0.39, 0.29) is 11.8 Å². The number of nitrogens with zero attached hydrogens (tertiary/aromatic N) is 2. The monoisotopic (exact) mass is 424 g/mol. The highest BCUT2D eigenvalue weighted by Gasteiger charge is 2.29. The van der Waals surface area contributed by atoms with Crippen LogP contribution in [0.4, 0.5) is 0 Å². The van der Waals surface area contributed by atoms with Crippen LogP contribution in [0.2, 0.25) is 0 Å². The van der Waals surface area contributed by atoms with Crippen molar-refractivity contribution >= 4 is 11.9 Å². The maximum atomic E-state index is 12.3. The fraction of sp³-hybridized carbons (Fsp3) is 0.417. The second-order valence-corrected chi connectivity index (χ2v) is 7.55. The SMILES string of the molecule is CN=C(NCCOc1ccc(OC)cc1)NCC1CC(=O)N(CCc2ccccc2)C1. The van der Waals surface area contributed by atoms with E-state index in [1.54, 1.807) is 14.2 Å². The van der Waals surface area contributed by atoms with Gasteiger partial charge in [0.15, 0.2) is 5.96 Å². The summed E-state index contributed by atoms with van der Waals surface area (Å²) in [5, 5.41) is 6.57. The number of ether oxygens (including phenoxy) is 2. The molecule has 0 spiro atoms. The number of rotatable bonds is 10. The van der Waals surface area contributed by atoms with Crippen LogP contribution in [0.15, 0.2) is 59.6 Å². The van der Waals surface area contributed by atoms with Gasteiger partial charge in [-0.2, -0.15) is 0 Å². The van der Waals surface area contributed by atoms with Gasteiger partial charge in [0.05, 0.1) is 13.7 Å². The Labute approximate surface area is 184 Å². The molecule has 2 aromatic rings. The highest BCUT2D eigenvalue weighted by atomic mass is 16.5. The molecule has 0 aliphatic carbocycles. The topological polar surface area (TPSA) is 75.2 Å². The molecule has 166 valence electrons. The van der Waals surface area contributed by atoms with Crippen LogP contribution in [-0.2, 0) is 11.2 Å². The number of carbonyl (C=O) groups excluding carboxylic acids is 1. The summed E-state index contributed by atoms with van der Waals surface area (Å²) < 4.78 is 10.9. The molecule has 1 amide bonds. The van der Waals surface area contributed by atoms with E-state index in [0.29, 0.717) is 32.1 Å². The fourth-order valence-corrected chi connectivity index (χ4v) is 3.59. The number of nitrogens with one attached hydrogen (secondary N) is 2. The number of methoxy groups -OCH3 is 1. The van der Waals surface area contributed by atoms with Crippen molar-refractivity contribution in [2.24, 2.45) is 10.9 Å². The van der Waals surface area contributed by atoms with Gasteiger partial charge >= 0.3 is 0 Å². The summed E-state index contributed by atoms with van der Waals surface area (Å²) >= 11 is 0. The van der Waals surface area contributed by atoms with Crippen molar-refractivity contribution in [3.63, 3.8) is 0 Å². The van der Waals surface area contributed by atoms with Crippen molar-refractivity contribution < 1.29 is 14.3 Å². The minimum atomic E-state index is 0.235. The minimum Gasteiger partial charge on any atom is -0.497 e. The number of amides is 1. The van der Waals surface area contributed by atoms with Gasteiger partial charge in [0.1, 0.15) is 18.1 Å². The van der Waals surface area contributed by atoms with Gasteiger partial charge in [-0.1, -0.05) is 30.3 Å². The lowest BCUT2D eigenvalue weighted by Crippen LogP contribution is -2.41. The minimum absolute atomic E-state index is 0.235. The van der Waals surface area contributed by atoms with Gasteiger partial charge in [0, 0.05) is 39.0 Å². The maximum Gasteiger partial charge on any atom is 0.223 e. The maximum absolute atomic E-state index is 12.3. The molecule has 31 heavy (non-hydrogen) atoms. The predicted molar refractivity (Wildman–Crippen MR) is 123 cm³/mol. The number of benzene rings is 2. The zero-order valence-electron chi connectivity index (χ0n) is 18.3. The van der Waals surface area contributed by atoms with E-state index < -0.39 is 0 Å². The number of carbonyl (C=O) groups is 1. The third kappa shape index (κ3) is 7.20. The molecule has 1 saturated heterocycles. The fourth-order valence-electron chi connectivity index (χ4n) is 3.59. The second-order valence-electron chi connectivity index (χ2n) is 7.55. The van der Waals surface area contributed by atoms with Crippen LogP contribution in [0.3, 0.4) is 0 Å². The molecule has 1 aliphatic heterocycles. The van der Waals surface area contributed by atoms with Crippen LogP contribution in [0, 0.1) is 5.92 Å². The molecule has 2 N–H and O–H groups in total. The van der Waals surface area contributed by atoms with Crippen LogP contribution in [-0.4, -0.2) is 63.7 Å². The number of aliphatic imine (C=N–C) groups is 1. The molecule has 1 atom stereocenters. The average Bonchev–Trinajstić information content (AvgIpc) is 3.17. The molecule has 3 rings (SSSR count). The first-order valence-corrected chi connectivity index (χ1v) is 10.7. The van der Waals surface area contributed by atoms with Gasteiger partial charge in [-0.15, -0.1) is 0 Å². The van der Waals surface area contributed by atoms with Crippen LogP contribution in [0.1, 0.15) is 12.0 Å². The van der Waals surface area contributed by atoms with E-state index in [2.05, 4.69) is 27.8 Å². The molecule has 2 aromatic carbocycles. The standard InChI is InChI=1S/C24H32N4O3/c1-25-24(26-13-15-31-22-10-8-21(30-2)9-11-22)27-17-20-16-23(29)28(18-20)14-12-19-6-4-3-5-7-19/h3-11,20H,12-18H2,1-2H3,(H2,25,26,27). The smallest absolute Gasteiger partial charge is 0.223 e. The average molecular weight is 425 g/mol. The van der Waals surface area contributed by atoms with Crippen LogP contribution in [0.25, 0.3) is 0 Å². The second kappa shape index (κ2) is 11.8. The van der Waals surface area contributed by atoms with Gasteiger partial charge in [0.2, 0.25) is 5.91 Å². The summed E-state index contributed by atoms with van der Waals surface area (Å²) in [5.74, 6) is 2.84. The normalized spacial score (nSPS) is 16.3. The Bertz CT molecular complexity index is 840. The first-order valence-electron chi connectivity index (χ1n) is 10.7. The van der Waals surface area contributed by atoms with Crippen LogP contribution >= 0.6 is 0 Å². The lowest BCUT2D eigenvalue weighted by atomic mass is 10.1. The molecular weight excluding hydrogens is 392 g/mol. The van der Waals surface area contributed by atoms with E-state index in [1.807, 2.05) is 47.4 Å². The van der Waals surface area contributed by atoms with Crippen molar-refractivity contribution in [1.29, 1.82) is 0 Å². The zero-order chi connectivity index (χ0) is 21.9. The Balaban J connectivity index is 1.33. The number of hydrogen-bond acceptors (Lipinski definition) is 4. The summed E-state index contributed by atoms with van der Waals surface area (Å²) in [7, 11) is 3.38. The summed E-state index contributed by atoms with van der Waals surface area (Å²) in [6.07, 6.45) is 1.48.